The topological polar surface area (TPSA) is 61.7 Å². The van der Waals surface area contributed by atoms with Crippen molar-refractivity contribution in [1.82, 2.24) is 5.43 Å². The molecule has 1 amide bonds. The zero-order chi connectivity index (χ0) is 16.1. The molecule has 0 saturated carbocycles. The fraction of sp³-hybridized carbons (Fsp3) is 0.0667. The number of amides is 1. The summed E-state index contributed by atoms with van der Waals surface area (Å²) >= 11 is 17.3. The van der Waals surface area contributed by atoms with E-state index in [2.05, 4.69) is 10.5 Å². The van der Waals surface area contributed by atoms with Crippen molar-refractivity contribution in [2.75, 3.05) is 0 Å². The second-order valence-corrected chi connectivity index (χ2v) is 5.68. The predicted octanol–water partition coefficient (Wildman–Crippen LogP) is 4.05. The summed E-state index contributed by atoms with van der Waals surface area (Å²) < 4.78 is 0. The predicted molar refractivity (Wildman–Crippen MR) is 89.0 cm³/mol. The number of nitrogens with zero attached hydrogens (tertiary/aromatic N) is 1. The molecule has 4 nitrogen and oxygen atoms in total. The molecule has 0 aromatic heterocycles. The lowest BCUT2D eigenvalue weighted by Crippen LogP contribution is -2.19. The highest BCUT2D eigenvalue weighted by molar-refractivity contribution is 6.37. The third kappa shape index (κ3) is 4.63. The van der Waals surface area contributed by atoms with Crippen molar-refractivity contribution in [3.63, 3.8) is 0 Å². The van der Waals surface area contributed by atoms with Crippen molar-refractivity contribution >= 4 is 46.9 Å². The van der Waals surface area contributed by atoms with E-state index in [4.69, 9.17) is 34.8 Å². The smallest absolute Gasteiger partial charge is 0.244 e. The lowest BCUT2D eigenvalue weighted by atomic mass is 10.1. The van der Waals surface area contributed by atoms with Gasteiger partial charge in [-0.1, -0.05) is 46.9 Å². The number of carbonyl (C=O) groups is 1. The van der Waals surface area contributed by atoms with Crippen molar-refractivity contribution in [2.24, 2.45) is 5.10 Å². The Morgan fingerprint density at radius 3 is 2.32 bits per heavy atom. The molecule has 0 spiro atoms. The molecule has 2 aromatic carbocycles. The first-order chi connectivity index (χ1) is 10.5. The van der Waals surface area contributed by atoms with Gasteiger partial charge in [0, 0.05) is 5.02 Å². The number of hydrogen-bond donors (Lipinski definition) is 2. The van der Waals surface area contributed by atoms with Crippen LogP contribution < -0.4 is 5.43 Å². The van der Waals surface area contributed by atoms with Gasteiger partial charge in [-0.05, 0) is 35.4 Å². The molecule has 2 N–H and O–H groups in total. The number of aromatic hydroxyl groups is 1. The number of phenols is 1. The number of phenolic OH excluding ortho intramolecular Hbond substituents is 1. The number of hydrogen-bond acceptors (Lipinski definition) is 3. The Labute approximate surface area is 142 Å². The molecule has 0 aliphatic carbocycles. The van der Waals surface area contributed by atoms with Gasteiger partial charge in [-0.3, -0.25) is 4.79 Å². The van der Waals surface area contributed by atoms with Gasteiger partial charge in [0.1, 0.15) is 0 Å². The van der Waals surface area contributed by atoms with Crippen LogP contribution in [0.25, 0.3) is 0 Å². The summed E-state index contributed by atoms with van der Waals surface area (Å²) in [6.45, 7) is 0. The summed E-state index contributed by atoms with van der Waals surface area (Å²) in [6, 6.07) is 9.94. The van der Waals surface area contributed by atoms with E-state index in [1.165, 1.54) is 18.3 Å². The first kappa shape index (κ1) is 16.6. The molecule has 0 aliphatic rings. The monoisotopic (exact) mass is 356 g/mol. The summed E-state index contributed by atoms with van der Waals surface area (Å²) in [4.78, 5) is 11.7. The van der Waals surface area contributed by atoms with Crippen LogP contribution in [0.15, 0.2) is 41.5 Å². The SMILES string of the molecule is O=C(Cc1ccc(Cl)cc1)N/N=C\c1cc(Cl)c(O)c(Cl)c1. The zero-order valence-corrected chi connectivity index (χ0v) is 13.5. The first-order valence-corrected chi connectivity index (χ1v) is 7.33. The van der Waals surface area contributed by atoms with Crippen molar-refractivity contribution in [3.05, 3.63) is 62.6 Å². The van der Waals surface area contributed by atoms with E-state index in [-0.39, 0.29) is 28.1 Å². The maximum Gasteiger partial charge on any atom is 0.244 e. The Hall–Kier alpha value is -1.75. The van der Waals surface area contributed by atoms with Crippen LogP contribution >= 0.6 is 34.8 Å². The minimum absolute atomic E-state index is 0.112. The van der Waals surface area contributed by atoms with Crippen molar-refractivity contribution in [2.45, 2.75) is 6.42 Å². The molecule has 0 aliphatic heterocycles. The third-order valence-electron chi connectivity index (χ3n) is 2.72. The molecule has 114 valence electrons. The van der Waals surface area contributed by atoms with Crippen molar-refractivity contribution in [3.8, 4) is 5.75 Å². The maximum atomic E-state index is 11.7. The van der Waals surface area contributed by atoms with E-state index in [0.29, 0.717) is 10.6 Å². The summed E-state index contributed by atoms with van der Waals surface area (Å²) in [6.07, 6.45) is 1.57. The zero-order valence-electron chi connectivity index (χ0n) is 11.2. The van der Waals surface area contributed by atoms with E-state index < -0.39 is 0 Å². The Bertz CT molecular complexity index is 692. The largest absolute Gasteiger partial charge is 0.505 e. The van der Waals surface area contributed by atoms with E-state index in [1.54, 1.807) is 24.3 Å². The Balaban J connectivity index is 1.94. The van der Waals surface area contributed by atoms with Crippen molar-refractivity contribution < 1.29 is 9.90 Å². The number of benzene rings is 2. The van der Waals surface area contributed by atoms with Gasteiger partial charge >= 0.3 is 0 Å². The second kappa shape index (κ2) is 7.49. The first-order valence-electron chi connectivity index (χ1n) is 6.20. The lowest BCUT2D eigenvalue weighted by Gasteiger charge is -2.02. The Morgan fingerprint density at radius 2 is 1.73 bits per heavy atom. The molecular formula is C15H11Cl3N2O2. The highest BCUT2D eigenvalue weighted by Gasteiger charge is 2.06. The molecular weight excluding hydrogens is 347 g/mol. The maximum absolute atomic E-state index is 11.7. The van der Waals surface area contributed by atoms with Gasteiger partial charge in [0.25, 0.3) is 0 Å². The van der Waals surface area contributed by atoms with E-state index in [1.807, 2.05) is 0 Å². The molecule has 0 saturated heterocycles. The average molecular weight is 358 g/mol. The normalized spacial score (nSPS) is 10.9. The molecule has 0 atom stereocenters. The molecule has 2 rings (SSSR count). The third-order valence-corrected chi connectivity index (χ3v) is 3.55. The van der Waals surface area contributed by atoms with E-state index >= 15 is 0 Å². The fourth-order valence-electron chi connectivity index (χ4n) is 1.67. The molecule has 22 heavy (non-hydrogen) atoms. The molecule has 0 unspecified atom stereocenters. The Kier molecular flexibility index (Phi) is 5.66. The summed E-state index contributed by atoms with van der Waals surface area (Å²) in [5.41, 5.74) is 3.78. The van der Waals surface area contributed by atoms with Crippen LogP contribution in [0, 0.1) is 0 Å². The van der Waals surface area contributed by atoms with Gasteiger partial charge in [0.2, 0.25) is 5.91 Å². The van der Waals surface area contributed by atoms with Crippen LogP contribution in [-0.4, -0.2) is 17.2 Å². The van der Waals surface area contributed by atoms with Crippen LogP contribution in [-0.2, 0) is 11.2 Å². The number of carbonyl (C=O) groups excluding carboxylic acids is 1. The van der Waals surface area contributed by atoms with E-state index in [0.717, 1.165) is 5.56 Å². The quantitative estimate of drug-likeness (QED) is 0.640. The number of halogens is 3. The molecule has 7 heteroatoms. The van der Waals surface area contributed by atoms with Crippen LogP contribution in [0.4, 0.5) is 0 Å². The van der Waals surface area contributed by atoms with Crippen molar-refractivity contribution in [1.29, 1.82) is 0 Å². The van der Waals surface area contributed by atoms with Gasteiger partial charge < -0.3 is 5.11 Å². The molecule has 0 fully saturated rings. The minimum Gasteiger partial charge on any atom is -0.505 e. The van der Waals surface area contributed by atoms with Gasteiger partial charge in [0.05, 0.1) is 22.7 Å². The Morgan fingerprint density at radius 1 is 1.14 bits per heavy atom. The van der Waals surface area contributed by atoms with Gasteiger partial charge in [0.15, 0.2) is 5.75 Å². The lowest BCUT2D eigenvalue weighted by molar-refractivity contribution is -0.120. The summed E-state index contributed by atoms with van der Waals surface area (Å²) in [5, 5.41) is 14.1. The van der Waals surface area contributed by atoms with Crippen LogP contribution in [0.1, 0.15) is 11.1 Å². The summed E-state index contributed by atoms with van der Waals surface area (Å²) in [7, 11) is 0. The minimum atomic E-state index is -0.269. The van der Waals surface area contributed by atoms with Crippen LogP contribution in [0.2, 0.25) is 15.1 Å². The number of nitrogens with one attached hydrogen (secondary N) is 1. The fourth-order valence-corrected chi connectivity index (χ4v) is 2.30. The van der Waals surface area contributed by atoms with Crippen LogP contribution in [0.5, 0.6) is 5.75 Å². The number of hydrazone groups is 1. The molecule has 0 radical (unpaired) electrons. The highest BCUT2D eigenvalue weighted by Crippen LogP contribution is 2.32. The van der Waals surface area contributed by atoms with Gasteiger partial charge in [-0.25, -0.2) is 5.43 Å². The molecule has 0 bridgehead atoms. The van der Waals surface area contributed by atoms with Gasteiger partial charge in [-0.2, -0.15) is 5.10 Å². The second-order valence-electron chi connectivity index (χ2n) is 4.43. The summed E-state index contributed by atoms with van der Waals surface area (Å²) in [5.74, 6) is -0.457. The molecule has 0 heterocycles. The standard InChI is InChI=1S/C15H11Cl3N2O2/c16-11-3-1-9(2-4-11)7-14(21)20-19-8-10-5-12(17)15(22)13(18)6-10/h1-6,8,22H,7H2,(H,20,21)/b19-8-. The highest BCUT2D eigenvalue weighted by atomic mass is 35.5. The average Bonchev–Trinajstić information content (AvgIpc) is 2.47. The number of rotatable bonds is 4. The van der Waals surface area contributed by atoms with Crippen LogP contribution in [0.3, 0.4) is 0 Å². The van der Waals surface area contributed by atoms with E-state index in [9.17, 15) is 9.90 Å². The molecule has 2 aromatic rings. The van der Waals surface area contributed by atoms with Gasteiger partial charge in [-0.15, -0.1) is 0 Å².